The minimum atomic E-state index is 0.234. The first-order valence-electron chi connectivity index (χ1n) is 3.59. The molecule has 0 aromatic carbocycles. The van der Waals surface area contributed by atoms with E-state index in [9.17, 15) is 4.79 Å². The van der Waals surface area contributed by atoms with E-state index in [1.54, 1.807) is 0 Å². The lowest BCUT2D eigenvalue weighted by atomic mass is 9.98. The average molecular weight is 262 g/mol. The average Bonchev–Trinajstić information content (AvgIpc) is 2.31. The van der Waals surface area contributed by atoms with Gasteiger partial charge in [0, 0.05) is 18.9 Å². The molecule has 1 heterocycles. The zero-order valence-electron chi connectivity index (χ0n) is 5.89. The largest absolute Gasteiger partial charge is 0.455 e. The monoisotopic (exact) mass is 262 g/mol. The summed E-state index contributed by atoms with van der Waals surface area (Å²) in [6, 6.07) is 1.83. The number of ketones is 1. The van der Waals surface area contributed by atoms with E-state index in [1.807, 2.05) is 6.07 Å². The van der Waals surface area contributed by atoms with Crippen molar-refractivity contribution in [1.29, 1.82) is 0 Å². The highest BCUT2D eigenvalue weighted by Gasteiger charge is 2.20. The van der Waals surface area contributed by atoms with Crippen molar-refractivity contribution in [1.82, 2.24) is 0 Å². The molecule has 2 nitrogen and oxygen atoms in total. The summed E-state index contributed by atoms with van der Waals surface area (Å²) < 4.78 is 6.16. The van der Waals surface area contributed by atoms with Crippen LogP contribution in [0.15, 0.2) is 10.5 Å². The van der Waals surface area contributed by atoms with Crippen molar-refractivity contribution < 1.29 is 9.21 Å². The second kappa shape index (κ2) is 2.62. The summed E-state index contributed by atoms with van der Waals surface area (Å²) in [6.45, 7) is 0. The first kappa shape index (κ1) is 7.34. The molecule has 0 bridgehead atoms. The minimum absolute atomic E-state index is 0.234. The topological polar surface area (TPSA) is 30.2 Å². The Labute approximate surface area is 78.1 Å². The molecule has 3 heteroatoms. The van der Waals surface area contributed by atoms with Gasteiger partial charge in [0.1, 0.15) is 5.76 Å². The number of carbonyl (C=O) groups is 1. The lowest BCUT2D eigenvalue weighted by Gasteiger charge is -2.06. The van der Waals surface area contributed by atoms with E-state index in [4.69, 9.17) is 4.42 Å². The van der Waals surface area contributed by atoms with Crippen molar-refractivity contribution in [3.63, 3.8) is 0 Å². The lowest BCUT2D eigenvalue weighted by Crippen LogP contribution is -2.07. The van der Waals surface area contributed by atoms with Crippen molar-refractivity contribution in [2.45, 2.75) is 19.3 Å². The molecule has 0 saturated heterocycles. The second-order valence-corrected chi connectivity index (χ2v) is 3.73. The van der Waals surface area contributed by atoms with Gasteiger partial charge in [-0.25, -0.2) is 0 Å². The van der Waals surface area contributed by atoms with Gasteiger partial charge < -0.3 is 4.42 Å². The molecule has 58 valence electrons. The Bertz CT molecular complexity index is 301. The molecule has 0 aliphatic heterocycles. The number of furan rings is 1. The van der Waals surface area contributed by atoms with E-state index in [0.29, 0.717) is 6.42 Å². The van der Waals surface area contributed by atoms with Crippen molar-refractivity contribution in [2.24, 2.45) is 0 Å². The van der Waals surface area contributed by atoms with Gasteiger partial charge in [-0.3, -0.25) is 4.79 Å². The van der Waals surface area contributed by atoms with Gasteiger partial charge in [-0.15, -0.1) is 0 Å². The third kappa shape index (κ3) is 1.21. The number of aryl methyl sites for hydroxylation is 1. The molecular weight excluding hydrogens is 255 g/mol. The molecule has 0 fully saturated rings. The molecule has 11 heavy (non-hydrogen) atoms. The molecule has 0 amide bonds. The van der Waals surface area contributed by atoms with Gasteiger partial charge in [0.05, 0.1) is 5.56 Å². The van der Waals surface area contributed by atoms with Crippen LogP contribution in [-0.2, 0) is 6.42 Å². The molecule has 0 N–H and O–H groups in total. The maximum Gasteiger partial charge on any atom is 0.166 e. The van der Waals surface area contributed by atoms with Gasteiger partial charge in [0.15, 0.2) is 9.55 Å². The minimum Gasteiger partial charge on any atom is -0.455 e. The van der Waals surface area contributed by atoms with Gasteiger partial charge in [0.25, 0.3) is 0 Å². The summed E-state index contributed by atoms with van der Waals surface area (Å²) in [5.41, 5.74) is 0.806. The molecule has 0 radical (unpaired) electrons. The predicted molar refractivity (Wildman–Crippen MR) is 48.7 cm³/mol. The van der Waals surface area contributed by atoms with Gasteiger partial charge in [-0.2, -0.15) is 0 Å². The first-order chi connectivity index (χ1) is 5.27. The number of rotatable bonds is 0. The predicted octanol–water partition coefficient (Wildman–Crippen LogP) is 2.40. The Morgan fingerprint density at radius 3 is 3.00 bits per heavy atom. The molecule has 1 aliphatic rings. The van der Waals surface area contributed by atoms with Crippen LogP contribution in [0.5, 0.6) is 0 Å². The van der Waals surface area contributed by atoms with Crippen molar-refractivity contribution in [2.75, 3.05) is 0 Å². The first-order valence-corrected chi connectivity index (χ1v) is 4.66. The molecule has 0 atom stereocenters. The SMILES string of the molecule is O=C1CCCc2oc(I)cc21. The van der Waals surface area contributed by atoms with E-state index in [-0.39, 0.29) is 5.78 Å². The summed E-state index contributed by atoms with van der Waals surface area (Å²) in [5, 5.41) is 0. The standard InChI is InChI=1S/C8H7IO2/c9-8-4-5-6(10)2-1-3-7(5)11-8/h4H,1-3H2. The molecule has 0 spiro atoms. The highest BCUT2D eigenvalue weighted by Crippen LogP contribution is 2.25. The Hall–Kier alpha value is -0.320. The Kier molecular flexibility index (Phi) is 1.75. The number of carbonyl (C=O) groups excluding carboxylic acids is 1. The van der Waals surface area contributed by atoms with Gasteiger partial charge >= 0.3 is 0 Å². The van der Waals surface area contributed by atoms with E-state index in [1.165, 1.54) is 0 Å². The van der Waals surface area contributed by atoms with Crippen LogP contribution in [0.4, 0.5) is 0 Å². The van der Waals surface area contributed by atoms with E-state index in [0.717, 1.165) is 27.9 Å². The Morgan fingerprint density at radius 2 is 2.27 bits per heavy atom. The van der Waals surface area contributed by atoms with Gasteiger partial charge in [0.2, 0.25) is 0 Å². The summed E-state index contributed by atoms with van der Waals surface area (Å²) in [7, 11) is 0. The van der Waals surface area contributed by atoms with Gasteiger partial charge in [-0.1, -0.05) is 0 Å². The zero-order chi connectivity index (χ0) is 7.84. The van der Waals surface area contributed by atoms with Crippen LogP contribution >= 0.6 is 22.6 Å². The number of Topliss-reactive ketones (excluding diaryl/α,β-unsaturated/α-hetero) is 1. The second-order valence-electron chi connectivity index (χ2n) is 2.66. The maximum absolute atomic E-state index is 11.2. The number of fused-ring (bicyclic) bond motifs is 1. The fourth-order valence-electron chi connectivity index (χ4n) is 1.36. The fourth-order valence-corrected chi connectivity index (χ4v) is 1.94. The molecule has 0 unspecified atom stereocenters. The van der Waals surface area contributed by atoms with E-state index in [2.05, 4.69) is 22.6 Å². The van der Waals surface area contributed by atoms with Crippen LogP contribution < -0.4 is 0 Å². The van der Waals surface area contributed by atoms with Crippen molar-refractivity contribution in [3.8, 4) is 0 Å². The zero-order valence-corrected chi connectivity index (χ0v) is 8.05. The van der Waals surface area contributed by atoms with Crippen molar-refractivity contribution >= 4 is 28.4 Å². The summed E-state index contributed by atoms with van der Waals surface area (Å²) >= 11 is 2.09. The molecule has 2 rings (SSSR count). The molecular formula is C8H7IO2. The highest BCUT2D eigenvalue weighted by atomic mass is 127. The van der Waals surface area contributed by atoms with Crippen LogP contribution in [-0.4, -0.2) is 5.78 Å². The normalized spacial score (nSPS) is 16.6. The van der Waals surface area contributed by atoms with E-state index >= 15 is 0 Å². The number of hydrogen-bond donors (Lipinski definition) is 0. The smallest absolute Gasteiger partial charge is 0.166 e. The number of halogens is 1. The molecule has 0 saturated carbocycles. The van der Waals surface area contributed by atoms with E-state index < -0.39 is 0 Å². The quantitative estimate of drug-likeness (QED) is 0.672. The lowest BCUT2D eigenvalue weighted by molar-refractivity contribution is 0.0969. The van der Waals surface area contributed by atoms with Crippen LogP contribution in [0.25, 0.3) is 0 Å². The summed E-state index contributed by atoms with van der Waals surface area (Å²) in [4.78, 5) is 11.2. The fraction of sp³-hybridized carbons (Fsp3) is 0.375. The van der Waals surface area contributed by atoms with Crippen LogP contribution in [0, 0.1) is 3.77 Å². The molecule has 1 aliphatic carbocycles. The van der Waals surface area contributed by atoms with Crippen molar-refractivity contribution in [3.05, 3.63) is 21.2 Å². The van der Waals surface area contributed by atoms with Gasteiger partial charge in [-0.05, 0) is 29.0 Å². The summed E-state index contributed by atoms with van der Waals surface area (Å²) in [5.74, 6) is 1.11. The third-order valence-corrected chi connectivity index (χ3v) is 2.42. The Morgan fingerprint density at radius 1 is 1.45 bits per heavy atom. The van der Waals surface area contributed by atoms with Crippen LogP contribution in [0.2, 0.25) is 0 Å². The highest BCUT2D eigenvalue weighted by molar-refractivity contribution is 14.1. The molecule has 1 aromatic rings. The maximum atomic E-state index is 11.2. The molecule has 1 aromatic heterocycles. The van der Waals surface area contributed by atoms with Crippen LogP contribution in [0.1, 0.15) is 29.0 Å². The number of hydrogen-bond acceptors (Lipinski definition) is 2. The summed E-state index contributed by atoms with van der Waals surface area (Å²) in [6.07, 6.45) is 2.54. The Balaban J connectivity index is 2.52. The van der Waals surface area contributed by atoms with Crippen LogP contribution in [0.3, 0.4) is 0 Å². The third-order valence-electron chi connectivity index (χ3n) is 1.89.